The number of halogens is 2. The van der Waals surface area contributed by atoms with Gasteiger partial charge in [-0.05, 0) is 59.7 Å². The van der Waals surface area contributed by atoms with Crippen molar-refractivity contribution in [3.8, 4) is 11.5 Å². The smallest absolute Gasteiger partial charge is 0.324 e. The number of nitrogens with zero attached hydrogens (tertiary/aromatic N) is 4. The summed E-state index contributed by atoms with van der Waals surface area (Å²) in [6.45, 7) is 0.285. The first-order chi connectivity index (χ1) is 30.9. The normalized spacial score (nSPS) is 15.2. The SMILES string of the molecule is COc1ccc(N(Cc2ccc(C(=O)CN)cc2)C(=O)N2CCS(=O)(=O)CC2)cc1.COc1ccc(N(Cc2ccc(C(=O)CNC(=O)C(F)F)cc2)C(=O)N2CCS(=O)(=O)CC2)cc1. The van der Waals surface area contributed by atoms with Crippen molar-refractivity contribution >= 4 is 60.6 Å². The molecule has 0 radical (unpaired) electrons. The molecule has 2 aliphatic heterocycles. The molecule has 0 aromatic heterocycles. The van der Waals surface area contributed by atoms with Gasteiger partial charge in [0.15, 0.2) is 31.2 Å². The van der Waals surface area contributed by atoms with Gasteiger partial charge in [0.25, 0.3) is 5.91 Å². The fourth-order valence-electron chi connectivity index (χ4n) is 6.63. The number of ether oxygens (including phenoxy) is 2. The van der Waals surface area contributed by atoms with Crippen molar-refractivity contribution in [3.63, 3.8) is 0 Å². The Hall–Kier alpha value is -6.45. The summed E-state index contributed by atoms with van der Waals surface area (Å²) in [6.07, 6.45) is -3.20. The van der Waals surface area contributed by atoms with Crippen molar-refractivity contribution in [1.82, 2.24) is 15.1 Å². The number of hydrogen-bond acceptors (Lipinski definition) is 12. The van der Waals surface area contributed by atoms with Crippen LogP contribution in [0.1, 0.15) is 31.8 Å². The molecule has 3 N–H and O–H groups in total. The first kappa shape index (κ1) is 49.6. The number of benzene rings is 4. The fourth-order valence-corrected chi connectivity index (χ4v) is 9.04. The number of sulfone groups is 2. The predicted molar refractivity (Wildman–Crippen MR) is 239 cm³/mol. The maximum atomic E-state index is 13.3. The lowest BCUT2D eigenvalue weighted by atomic mass is 10.1. The van der Waals surface area contributed by atoms with Crippen molar-refractivity contribution in [2.75, 3.05) is 86.3 Å². The number of anilines is 2. The van der Waals surface area contributed by atoms with E-state index in [2.05, 4.69) is 0 Å². The molecule has 5 amide bonds. The number of carbonyl (C=O) groups excluding carboxylic acids is 5. The van der Waals surface area contributed by atoms with E-state index in [9.17, 15) is 49.6 Å². The number of alkyl halides is 2. The van der Waals surface area contributed by atoms with Crippen molar-refractivity contribution < 1.29 is 59.1 Å². The second-order valence-electron chi connectivity index (χ2n) is 14.9. The van der Waals surface area contributed by atoms with Crippen LogP contribution < -0.4 is 30.3 Å². The summed E-state index contributed by atoms with van der Waals surface area (Å²) in [5.41, 5.74) is 8.87. The van der Waals surface area contributed by atoms with Crippen LogP contribution in [-0.4, -0.2) is 139 Å². The fraction of sp³-hybridized carbons (Fsp3) is 0.341. The van der Waals surface area contributed by atoms with E-state index in [0.717, 1.165) is 5.56 Å². The van der Waals surface area contributed by atoms with E-state index in [0.29, 0.717) is 34.0 Å². The van der Waals surface area contributed by atoms with Crippen molar-refractivity contribution in [2.24, 2.45) is 5.73 Å². The molecule has 348 valence electrons. The van der Waals surface area contributed by atoms with Gasteiger partial charge in [0.1, 0.15) is 11.5 Å². The topological polar surface area (TPSA) is 223 Å². The third kappa shape index (κ3) is 14.0. The summed E-state index contributed by atoms with van der Waals surface area (Å²) in [6, 6.07) is 26.4. The first-order valence-corrected chi connectivity index (χ1v) is 23.9. The number of Topliss-reactive ketones (excluding diaryl/α,β-unsaturated/α-hetero) is 2. The van der Waals surface area contributed by atoms with Gasteiger partial charge in [-0.15, -0.1) is 0 Å². The van der Waals surface area contributed by atoms with Crippen LogP contribution in [0.4, 0.5) is 29.7 Å². The molecule has 0 bridgehead atoms. The van der Waals surface area contributed by atoms with Crippen LogP contribution in [0.2, 0.25) is 0 Å². The number of nitrogens with two attached hydrogens (primary N) is 1. The molecule has 65 heavy (non-hydrogen) atoms. The van der Waals surface area contributed by atoms with E-state index >= 15 is 0 Å². The molecular formula is C44H50F2N6O11S2. The monoisotopic (exact) mass is 940 g/mol. The molecule has 0 aliphatic carbocycles. The summed E-state index contributed by atoms with van der Waals surface area (Å²) in [4.78, 5) is 67.6. The minimum Gasteiger partial charge on any atom is -0.497 e. The lowest BCUT2D eigenvalue weighted by Crippen LogP contribution is -2.49. The molecule has 17 nitrogen and oxygen atoms in total. The van der Waals surface area contributed by atoms with E-state index < -0.39 is 44.3 Å². The second-order valence-corrected chi connectivity index (χ2v) is 19.5. The van der Waals surface area contributed by atoms with Gasteiger partial charge in [-0.25, -0.2) is 26.4 Å². The van der Waals surface area contributed by atoms with Gasteiger partial charge >= 0.3 is 18.5 Å². The highest BCUT2D eigenvalue weighted by atomic mass is 32.2. The summed E-state index contributed by atoms with van der Waals surface area (Å²) in [7, 11) is -3.17. The summed E-state index contributed by atoms with van der Waals surface area (Å²) in [5.74, 6) is -1.22. The summed E-state index contributed by atoms with van der Waals surface area (Å²) in [5, 5.41) is 1.87. The zero-order chi connectivity index (χ0) is 47.3. The van der Waals surface area contributed by atoms with E-state index in [-0.39, 0.29) is 92.2 Å². The average molecular weight is 941 g/mol. The third-order valence-electron chi connectivity index (χ3n) is 10.5. The van der Waals surface area contributed by atoms with Crippen LogP contribution in [0.3, 0.4) is 0 Å². The van der Waals surface area contributed by atoms with Crippen LogP contribution >= 0.6 is 0 Å². The van der Waals surface area contributed by atoms with Gasteiger partial charge in [-0.2, -0.15) is 8.78 Å². The molecule has 4 aromatic carbocycles. The molecule has 0 spiro atoms. The van der Waals surface area contributed by atoms with Crippen LogP contribution in [0, 0.1) is 0 Å². The van der Waals surface area contributed by atoms with E-state index in [1.54, 1.807) is 102 Å². The highest BCUT2D eigenvalue weighted by Crippen LogP contribution is 2.26. The molecule has 0 saturated carbocycles. The molecule has 6 rings (SSSR count). The molecule has 0 unspecified atom stereocenters. The maximum Gasteiger partial charge on any atom is 0.324 e. The molecule has 2 heterocycles. The van der Waals surface area contributed by atoms with Crippen LogP contribution in [0.25, 0.3) is 0 Å². The van der Waals surface area contributed by atoms with Gasteiger partial charge in [-0.1, -0.05) is 48.5 Å². The van der Waals surface area contributed by atoms with Gasteiger partial charge in [-0.3, -0.25) is 24.2 Å². The number of methoxy groups -OCH3 is 2. The highest BCUT2D eigenvalue weighted by Gasteiger charge is 2.31. The van der Waals surface area contributed by atoms with E-state index in [4.69, 9.17) is 15.2 Å². The average Bonchev–Trinajstić information content (AvgIpc) is 3.31. The quantitative estimate of drug-likeness (QED) is 0.172. The second kappa shape index (κ2) is 22.4. The Morgan fingerprint density at radius 1 is 0.600 bits per heavy atom. The lowest BCUT2D eigenvalue weighted by molar-refractivity contribution is -0.131. The number of urea groups is 2. The number of amides is 5. The number of rotatable bonds is 14. The van der Waals surface area contributed by atoms with Crippen molar-refractivity contribution in [1.29, 1.82) is 0 Å². The number of nitrogens with one attached hydrogen (secondary N) is 1. The van der Waals surface area contributed by atoms with Crippen LogP contribution in [0.5, 0.6) is 11.5 Å². The Labute approximate surface area is 375 Å². The molecule has 2 saturated heterocycles. The van der Waals surface area contributed by atoms with Gasteiger partial charge < -0.3 is 30.3 Å². The first-order valence-electron chi connectivity index (χ1n) is 20.2. The Morgan fingerprint density at radius 2 is 0.954 bits per heavy atom. The maximum absolute atomic E-state index is 13.3. The van der Waals surface area contributed by atoms with E-state index in [1.165, 1.54) is 29.0 Å². The molecular weight excluding hydrogens is 891 g/mol. The van der Waals surface area contributed by atoms with Crippen LogP contribution in [-0.2, 0) is 37.6 Å². The molecule has 2 fully saturated rings. The molecule has 2 aliphatic rings. The Bertz CT molecular complexity index is 2500. The molecule has 4 aromatic rings. The summed E-state index contributed by atoms with van der Waals surface area (Å²) >= 11 is 0. The zero-order valence-electron chi connectivity index (χ0n) is 35.7. The van der Waals surface area contributed by atoms with Crippen LogP contribution in [0.15, 0.2) is 97.1 Å². The largest absolute Gasteiger partial charge is 0.497 e. The molecule has 21 heteroatoms. The standard InChI is InChI=1S/C23H25F2N3O6S.C21H25N3O5S/c1-34-19-8-6-18(7-9-19)28(23(31)27-10-12-35(32,33)13-11-27)15-16-2-4-17(5-3-16)20(29)14-26-22(30)21(24)25;1-29-19-8-6-18(7-9-19)24(21(26)23-10-12-30(27,28)13-11-23)15-16-2-4-17(5-3-16)20(25)14-22/h2-9,21H,10-15H2,1H3,(H,26,30);2-9H,10-15,22H2,1H3. The minimum absolute atomic E-state index is 0.0366. The lowest BCUT2D eigenvalue weighted by Gasteiger charge is -2.33. The number of hydrogen-bond donors (Lipinski definition) is 2. The van der Waals surface area contributed by atoms with Crippen molar-refractivity contribution in [3.05, 3.63) is 119 Å². The molecule has 0 atom stereocenters. The van der Waals surface area contributed by atoms with Gasteiger partial charge in [0, 0.05) is 48.7 Å². The van der Waals surface area contributed by atoms with E-state index in [1.807, 2.05) is 5.32 Å². The highest BCUT2D eigenvalue weighted by molar-refractivity contribution is 7.91. The van der Waals surface area contributed by atoms with Gasteiger partial charge in [0.2, 0.25) is 0 Å². The Morgan fingerprint density at radius 3 is 1.28 bits per heavy atom. The minimum atomic E-state index is -3.20. The third-order valence-corrected chi connectivity index (χ3v) is 13.7. The number of carbonyl (C=O) groups is 5. The van der Waals surface area contributed by atoms with Gasteiger partial charge in [0.05, 0.1) is 63.4 Å². The predicted octanol–water partition coefficient (Wildman–Crippen LogP) is 3.81. The zero-order valence-corrected chi connectivity index (χ0v) is 37.4. The number of ketones is 2. The van der Waals surface area contributed by atoms with Crippen molar-refractivity contribution in [2.45, 2.75) is 19.5 Å². The Balaban J connectivity index is 0.000000247. The summed E-state index contributed by atoms with van der Waals surface area (Å²) < 4.78 is 81.9. The Kier molecular flexibility index (Phi) is 17.1.